The third kappa shape index (κ3) is 3.62. The predicted molar refractivity (Wildman–Crippen MR) is 92.2 cm³/mol. The Morgan fingerprint density at radius 1 is 1.33 bits per heavy atom. The maximum absolute atomic E-state index is 12.6. The topological polar surface area (TPSA) is 62.6 Å². The van der Waals surface area contributed by atoms with Gasteiger partial charge in [0.1, 0.15) is 0 Å². The van der Waals surface area contributed by atoms with Crippen LogP contribution in [0.4, 0.5) is 5.69 Å². The van der Waals surface area contributed by atoms with Gasteiger partial charge in [-0.3, -0.25) is 9.59 Å². The summed E-state index contributed by atoms with van der Waals surface area (Å²) in [7, 11) is 0. The highest BCUT2D eigenvalue weighted by Gasteiger charge is 2.30. The lowest BCUT2D eigenvalue weighted by Crippen LogP contribution is -2.43. The number of anilines is 1. The fourth-order valence-corrected chi connectivity index (χ4v) is 3.16. The van der Waals surface area contributed by atoms with E-state index >= 15 is 0 Å². The van der Waals surface area contributed by atoms with Crippen LogP contribution in [0, 0.1) is 12.8 Å². The summed E-state index contributed by atoms with van der Waals surface area (Å²) in [6, 6.07) is 8.68. The van der Waals surface area contributed by atoms with Crippen LogP contribution in [0.25, 0.3) is 0 Å². The Balaban J connectivity index is 1.65. The summed E-state index contributed by atoms with van der Waals surface area (Å²) in [5.41, 5.74) is 1.66. The molecule has 6 heteroatoms. The average Bonchev–Trinajstić information content (AvgIpc) is 3.11. The molecular formula is C18H19ClN2O3. The molecule has 1 N–H and O–H groups in total. The molecule has 1 unspecified atom stereocenters. The van der Waals surface area contributed by atoms with Crippen LogP contribution in [0.3, 0.4) is 0 Å². The van der Waals surface area contributed by atoms with Gasteiger partial charge in [-0.25, -0.2) is 0 Å². The number of hydrogen-bond donors (Lipinski definition) is 1. The average molecular weight is 347 g/mol. The zero-order valence-corrected chi connectivity index (χ0v) is 14.2. The molecular weight excluding hydrogens is 328 g/mol. The fourth-order valence-electron chi connectivity index (χ4n) is 2.93. The van der Waals surface area contributed by atoms with Gasteiger partial charge in [-0.2, -0.15) is 0 Å². The zero-order valence-electron chi connectivity index (χ0n) is 13.4. The maximum atomic E-state index is 12.6. The van der Waals surface area contributed by atoms with Gasteiger partial charge in [-0.05, 0) is 55.7 Å². The molecule has 1 aromatic heterocycles. The van der Waals surface area contributed by atoms with Crippen LogP contribution in [0.1, 0.15) is 29.0 Å². The molecule has 126 valence electrons. The summed E-state index contributed by atoms with van der Waals surface area (Å²) in [5.74, 6) is -0.158. The lowest BCUT2D eigenvalue weighted by Gasteiger charge is -2.31. The number of benzene rings is 1. The Hall–Kier alpha value is -2.27. The highest BCUT2D eigenvalue weighted by molar-refractivity contribution is 6.30. The molecule has 0 aliphatic carbocycles. The van der Waals surface area contributed by atoms with Gasteiger partial charge in [0, 0.05) is 23.8 Å². The van der Waals surface area contributed by atoms with E-state index in [1.54, 1.807) is 29.2 Å². The third-order valence-corrected chi connectivity index (χ3v) is 4.49. The number of rotatable bonds is 3. The van der Waals surface area contributed by atoms with Crippen molar-refractivity contribution in [2.75, 3.05) is 18.4 Å². The van der Waals surface area contributed by atoms with Crippen LogP contribution in [0.5, 0.6) is 0 Å². The molecule has 0 spiro atoms. The first-order valence-corrected chi connectivity index (χ1v) is 8.32. The van der Waals surface area contributed by atoms with Gasteiger partial charge in [0.05, 0.1) is 12.2 Å². The first-order chi connectivity index (χ1) is 11.5. The summed E-state index contributed by atoms with van der Waals surface area (Å²) < 4.78 is 5.16. The SMILES string of the molecule is Cc1cc(Cl)ccc1NC(=O)C1CCCN(C(=O)c2ccco2)C1. The van der Waals surface area contributed by atoms with Gasteiger partial charge in [0.25, 0.3) is 5.91 Å². The summed E-state index contributed by atoms with van der Waals surface area (Å²) in [5, 5.41) is 3.58. The van der Waals surface area contributed by atoms with E-state index in [2.05, 4.69) is 5.32 Å². The zero-order chi connectivity index (χ0) is 17.1. The Bertz CT molecular complexity index is 743. The van der Waals surface area contributed by atoms with Crippen molar-refractivity contribution in [2.24, 2.45) is 5.92 Å². The van der Waals surface area contributed by atoms with Crippen LogP contribution in [0.2, 0.25) is 5.02 Å². The molecule has 0 saturated carbocycles. The minimum absolute atomic E-state index is 0.0719. The van der Waals surface area contributed by atoms with E-state index in [1.165, 1.54) is 6.26 Å². The second-order valence-corrected chi connectivity index (χ2v) is 6.45. The predicted octanol–water partition coefficient (Wildman–Crippen LogP) is 3.73. The highest BCUT2D eigenvalue weighted by atomic mass is 35.5. The van der Waals surface area contributed by atoms with Crippen LogP contribution >= 0.6 is 11.6 Å². The van der Waals surface area contributed by atoms with Gasteiger partial charge < -0.3 is 14.6 Å². The monoisotopic (exact) mass is 346 g/mol. The number of carbonyl (C=O) groups is 2. The molecule has 1 saturated heterocycles. The number of furan rings is 1. The Labute approximate surface area is 145 Å². The number of nitrogens with zero attached hydrogens (tertiary/aromatic N) is 1. The first-order valence-electron chi connectivity index (χ1n) is 7.94. The van der Waals surface area contributed by atoms with Crippen molar-refractivity contribution < 1.29 is 14.0 Å². The van der Waals surface area contributed by atoms with Gasteiger partial charge >= 0.3 is 0 Å². The molecule has 2 amide bonds. The van der Waals surface area contributed by atoms with Crippen LogP contribution in [0.15, 0.2) is 41.0 Å². The van der Waals surface area contributed by atoms with Crippen LogP contribution in [-0.4, -0.2) is 29.8 Å². The Morgan fingerprint density at radius 3 is 2.88 bits per heavy atom. The van der Waals surface area contributed by atoms with E-state index in [0.717, 1.165) is 24.1 Å². The van der Waals surface area contributed by atoms with Crippen LogP contribution < -0.4 is 5.32 Å². The number of likely N-dealkylation sites (tertiary alicyclic amines) is 1. The van der Waals surface area contributed by atoms with Crippen molar-refractivity contribution in [3.63, 3.8) is 0 Å². The quantitative estimate of drug-likeness (QED) is 0.921. The number of piperidine rings is 1. The standard InChI is InChI=1S/C18H19ClN2O3/c1-12-10-14(19)6-7-15(12)20-17(22)13-4-2-8-21(11-13)18(23)16-5-3-9-24-16/h3,5-7,9-10,13H,2,4,8,11H2,1H3,(H,20,22). The molecule has 0 bridgehead atoms. The van der Waals surface area contributed by atoms with Crippen molar-refractivity contribution >= 4 is 29.1 Å². The van der Waals surface area contributed by atoms with Crippen molar-refractivity contribution in [2.45, 2.75) is 19.8 Å². The number of carbonyl (C=O) groups excluding carboxylic acids is 2. The van der Waals surface area contributed by atoms with E-state index in [4.69, 9.17) is 16.0 Å². The normalized spacial score (nSPS) is 17.6. The molecule has 5 nitrogen and oxygen atoms in total. The largest absolute Gasteiger partial charge is 0.459 e. The van der Waals surface area contributed by atoms with E-state index in [-0.39, 0.29) is 17.7 Å². The molecule has 1 atom stereocenters. The number of amides is 2. The first kappa shape index (κ1) is 16.6. The fraction of sp³-hybridized carbons (Fsp3) is 0.333. The van der Waals surface area contributed by atoms with Crippen molar-refractivity contribution in [3.05, 3.63) is 52.9 Å². The van der Waals surface area contributed by atoms with Gasteiger partial charge in [-0.15, -0.1) is 0 Å². The second kappa shape index (κ2) is 7.09. The van der Waals surface area contributed by atoms with Crippen molar-refractivity contribution in [3.8, 4) is 0 Å². The minimum atomic E-state index is -0.229. The molecule has 1 aromatic carbocycles. The molecule has 2 aromatic rings. The molecule has 3 rings (SSSR count). The van der Waals surface area contributed by atoms with Gasteiger partial charge in [-0.1, -0.05) is 11.6 Å². The van der Waals surface area contributed by atoms with E-state index in [1.807, 2.05) is 13.0 Å². The summed E-state index contributed by atoms with van der Waals surface area (Å²) in [4.78, 5) is 26.6. The molecule has 1 aliphatic heterocycles. The number of aryl methyl sites for hydroxylation is 1. The molecule has 1 aliphatic rings. The smallest absolute Gasteiger partial charge is 0.289 e. The Morgan fingerprint density at radius 2 is 2.17 bits per heavy atom. The van der Waals surface area contributed by atoms with Gasteiger partial charge in [0.15, 0.2) is 5.76 Å². The maximum Gasteiger partial charge on any atom is 0.289 e. The summed E-state index contributed by atoms with van der Waals surface area (Å²) in [6.45, 7) is 2.94. The molecule has 0 radical (unpaired) electrons. The lowest BCUT2D eigenvalue weighted by molar-refractivity contribution is -0.121. The van der Waals surface area contributed by atoms with Gasteiger partial charge in [0.2, 0.25) is 5.91 Å². The highest BCUT2D eigenvalue weighted by Crippen LogP contribution is 2.23. The second-order valence-electron chi connectivity index (χ2n) is 6.02. The molecule has 1 fully saturated rings. The van der Waals surface area contributed by atoms with E-state index in [0.29, 0.717) is 23.9 Å². The van der Waals surface area contributed by atoms with Crippen molar-refractivity contribution in [1.82, 2.24) is 4.90 Å². The van der Waals surface area contributed by atoms with Crippen LogP contribution in [-0.2, 0) is 4.79 Å². The lowest BCUT2D eigenvalue weighted by atomic mass is 9.96. The van der Waals surface area contributed by atoms with Crippen molar-refractivity contribution in [1.29, 1.82) is 0 Å². The molecule has 2 heterocycles. The minimum Gasteiger partial charge on any atom is -0.459 e. The number of halogens is 1. The summed E-state index contributed by atoms with van der Waals surface area (Å²) in [6.07, 6.45) is 3.04. The molecule has 24 heavy (non-hydrogen) atoms. The Kier molecular flexibility index (Phi) is 4.90. The number of nitrogens with one attached hydrogen (secondary N) is 1. The number of hydrogen-bond acceptors (Lipinski definition) is 3. The van der Waals surface area contributed by atoms with E-state index < -0.39 is 0 Å². The summed E-state index contributed by atoms with van der Waals surface area (Å²) >= 11 is 5.94. The third-order valence-electron chi connectivity index (χ3n) is 4.26. The van der Waals surface area contributed by atoms with E-state index in [9.17, 15) is 9.59 Å².